The van der Waals surface area contributed by atoms with Crippen molar-refractivity contribution in [3.8, 4) is 6.08 Å². The van der Waals surface area contributed by atoms with Crippen LogP contribution >= 0.6 is 0 Å². The van der Waals surface area contributed by atoms with Crippen molar-refractivity contribution in [2.45, 2.75) is 26.3 Å². The maximum atomic E-state index is 12.9. The van der Waals surface area contributed by atoms with E-state index in [0.29, 0.717) is 30.7 Å². The van der Waals surface area contributed by atoms with Crippen LogP contribution in [0.3, 0.4) is 0 Å². The number of carbonyl (C=O) groups excluding carboxylic acids is 2. The number of nitrogens with one attached hydrogen (secondary N) is 1. The Kier molecular flexibility index (Phi) is 6.83. The molecule has 0 aliphatic heterocycles. The zero-order chi connectivity index (χ0) is 21.7. The first-order chi connectivity index (χ1) is 14.3. The van der Waals surface area contributed by atoms with E-state index in [9.17, 15) is 9.59 Å². The van der Waals surface area contributed by atoms with Crippen molar-refractivity contribution < 1.29 is 23.3 Å². The van der Waals surface area contributed by atoms with E-state index in [0.717, 1.165) is 5.39 Å². The van der Waals surface area contributed by atoms with Crippen LogP contribution in [0.2, 0.25) is 0 Å². The Balaban J connectivity index is 1.70. The summed E-state index contributed by atoms with van der Waals surface area (Å²) >= 11 is 0. The molecule has 30 heavy (non-hydrogen) atoms. The Morgan fingerprint density at radius 2 is 2.03 bits per heavy atom. The molecule has 1 amide bonds. The molecule has 0 saturated carbocycles. The largest absolute Gasteiger partial charge is 0.464 e. The fraction of sp³-hybridized carbons (Fsp3) is 0.429. The fourth-order valence-electron chi connectivity index (χ4n) is 2.88. The highest BCUT2D eigenvalue weighted by molar-refractivity contribution is 6.03. The van der Waals surface area contributed by atoms with Crippen LogP contribution in [-0.2, 0) is 0 Å². The lowest BCUT2D eigenvalue weighted by Crippen LogP contribution is -2.42. The number of ether oxygens (including phenoxy) is 1. The van der Waals surface area contributed by atoms with Crippen LogP contribution in [-0.4, -0.2) is 60.0 Å². The summed E-state index contributed by atoms with van der Waals surface area (Å²) in [5, 5.41) is 7.40. The van der Waals surface area contributed by atoms with Gasteiger partial charge in [0.15, 0.2) is 0 Å². The molecule has 3 rings (SSSR count). The molecular formula is C21H26N4O5. The molecule has 0 spiro atoms. The second-order valence-electron chi connectivity index (χ2n) is 7.73. The third-order valence-corrected chi connectivity index (χ3v) is 4.44. The zero-order valence-corrected chi connectivity index (χ0v) is 17.5. The van der Waals surface area contributed by atoms with Crippen LogP contribution < -0.4 is 10.1 Å². The van der Waals surface area contributed by atoms with E-state index in [4.69, 9.17) is 13.7 Å². The maximum Gasteiger partial charge on any atom is 0.417 e. The first-order valence-corrected chi connectivity index (χ1v) is 9.77. The lowest BCUT2D eigenvalue weighted by molar-refractivity contribution is 0.0838. The zero-order valence-electron chi connectivity index (χ0n) is 17.5. The number of hydrogen-bond donors (Lipinski definition) is 1. The Morgan fingerprint density at radius 1 is 1.23 bits per heavy atom. The summed E-state index contributed by atoms with van der Waals surface area (Å²) in [6.45, 7) is 4.95. The molecule has 9 heteroatoms. The summed E-state index contributed by atoms with van der Waals surface area (Å²) in [5.74, 6) is -0.766. The van der Waals surface area contributed by atoms with E-state index in [1.54, 1.807) is 24.5 Å². The highest BCUT2D eigenvalue weighted by atomic mass is 16.6. The topological polar surface area (TPSA) is 111 Å². The fourth-order valence-corrected chi connectivity index (χ4v) is 2.88. The first-order valence-electron chi connectivity index (χ1n) is 9.77. The van der Waals surface area contributed by atoms with Crippen molar-refractivity contribution >= 4 is 22.7 Å². The molecule has 0 fully saturated rings. The normalized spacial score (nSPS) is 12.5. The van der Waals surface area contributed by atoms with Crippen molar-refractivity contribution in [3.63, 3.8) is 0 Å². The molecule has 3 aromatic rings. The quantitative estimate of drug-likeness (QED) is 0.504. The van der Waals surface area contributed by atoms with Gasteiger partial charge in [-0.1, -0.05) is 19.9 Å². The molecule has 0 aliphatic carbocycles. The summed E-state index contributed by atoms with van der Waals surface area (Å²) in [6, 6.07) is 6.15. The van der Waals surface area contributed by atoms with Gasteiger partial charge in [-0.15, -0.1) is 4.98 Å². The predicted octanol–water partition coefficient (Wildman–Crippen LogP) is 2.78. The smallest absolute Gasteiger partial charge is 0.417 e. The van der Waals surface area contributed by atoms with Gasteiger partial charge in [0.25, 0.3) is 5.91 Å². The van der Waals surface area contributed by atoms with Gasteiger partial charge in [0.2, 0.25) is 11.6 Å². The van der Waals surface area contributed by atoms with E-state index in [1.165, 1.54) is 0 Å². The number of rotatable bonds is 10. The third-order valence-electron chi connectivity index (χ3n) is 4.44. The van der Waals surface area contributed by atoms with Gasteiger partial charge < -0.3 is 19.4 Å². The molecule has 0 aliphatic rings. The predicted molar refractivity (Wildman–Crippen MR) is 110 cm³/mol. The highest BCUT2D eigenvalue weighted by Gasteiger charge is 2.28. The van der Waals surface area contributed by atoms with Gasteiger partial charge in [0.1, 0.15) is 12.2 Å². The molecule has 2 aromatic heterocycles. The molecule has 9 nitrogen and oxygen atoms in total. The molecule has 0 radical (unpaired) electrons. The number of carbonyl (C=O) groups is 2. The monoisotopic (exact) mass is 414 g/mol. The first kappa shape index (κ1) is 21.5. The van der Waals surface area contributed by atoms with Crippen LogP contribution in [0.4, 0.5) is 0 Å². The molecular weight excluding hydrogens is 388 g/mol. The molecule has 2 heterocycles. The van der Waals surface area contributed by atoms with Gasteiger partial charge in [0, 0.05) is 17.5 Å². The van der Waals surface area contributed by atoms with Crippen LogP contribution in [0.5, 0.6) is 6.08 Å². The Hall–Kier alpha value is -3.20. The molecule has 160 valence electrons. The van der Waals surface area contributed by atoms with Gasteiger partial charge in [0.05, 0.1) is 12.3 Å². The third kappa shape index (κ3) is 5.44. The number of aromatic nitrogens is 2. The lowest BCUT2D eigenvalue weighted by Gasteiger charge is -2.18. The molecule has 1 aromatic carbocycles. The summed E-state index contributed by atoms with van der Waals surface area (Å²) < 4.78 is 15.7. The van der Waals surface area contributed by atoms with Crippen molar-refractivity contribution in [2.24, 2.45) is 5.92 Å². The van der Waals surface area contributed by atoms with Crippen LogP contribution in [0.15, 0.2) is 39.5 Å². The van der Waals surface area contributed by atoms with E-state index in [1.807, 2.05) is 38.9 Å². The lowest BCUT2D eigenvalue weighted by atomic mass is 9.99. The number of ketones is 1. The van der Waals surface area contributed by atoms with Crippen molar-refractivity contribution in [1.82, 2.24) is 20.4 Å². The Bertz CT molecular complexity index is 1010. The minimum absolute atomic E-state index is 0.0712. The van der Waals surface area contributed by atoms with Gasteiger partial charge in [-0.3, -0.25) is 14.1 Å². The van der Waals surface area contributed by atoms with Gasteiger partial charge in [-0.2, -0.15) is 0 Å². The van der Waals surface area contributed by atoms with E-state index in [2.05, 4.69) is 15.5 Å². The van der Waals surface area contributed by atoms with Crippen molar-refractivity contribution in [1.29, 1.82) is 0 Å². The molecule has 0 bridgehead atoms. The second-order valence-corrected chi connectivity index (χ2v) is 7.73. The van der Waals surface area contributed by atoms with Crippen molar-refractivity contribution in [3.05, 3.63) is 41.9 Å². The number of furan rings is 1. The molecule has 0 saturated heterocycles. The maximum absolute atomic E-state index is 12.9. The number of benzene rings is 1. The minimum atomic E-state index is -0.794. The number of likely N-dealkylation sites (N-methyl/N-ethyl adjacent to an activating group) is 1. The molecule has 1 N–H and O–H groups in total. The van der Waals surface area contributed by atoms with E-state index in [-0.39, 0.29) is 23.7 Å². The average Bonchev–Trinajstić information content (AvgIpc) is 3.35. The van der Waals surface area contributed by atoms with Gasteiger partial charge in [-0.25, -0.2) is 0 Å². The van der Waals surface area contributed by atoms with Crippen molar-refractivity contribution in [2.75, 3.05) is 27.2 Å². The average molecular weight is 414 g/mol. The highest BCUT2D eigenvalue weighted by Crippen LogP contribution is 2.18. The van der Waals surface area contributed by atoms with E-state index < -0.39 is 11.8 Å². The summed E-state index contributed by atoms with van der Waals surface area (Å²) in [6.07, 6.45) is 1.92. The molecule has 1 unspecified atom stereocenters. The summed E-state index contributed by atoms with van der Waals surface area (Å²) in [5.41, 5.74) is 1.01. The SMILES string of the molecule is CC(C)CC(NC(=O)c1ccc2ccoc2c1)C(=O)c1noc(OCCN(C)C)n1. The van der Waals surface area contributed by atoms with E-state index >= 15 is 0 Å². The Morgan fingerprint density at radius 3 is 2.77 bits per heavy atom. The summed E-state index contributed by atoms with van der Waals surface area (Å²) in [7, 11) is 3.82. The van der Waals surface area contributed by atoms with Crippen LogP contribution in [0.1, 0.15) is 41.2 Å². The number of Topliss-reactive ketones (excluding diaryl/α,β-unsaturated/α-hetero) is 1. The molecule has 1 atom stereocenters. The van der Waals surface area contributed by atoms with Crippen LogP contribution in [0.25, 0.3) is 11.0 Å². The second kappa shape index (κ2) is 9.53. The van der Waals surface area contributed by atoms with Gasteiger partial charge >= 0.3 is 6.08 Å². The number of nitrogens with zero attached hydrogens (tertiary/aromatic N) is 3. The standard InChI is InChI=1S/C21H26N4O5/c1-13(2)11-16(18(26)19-23-21(30-24-19)29-10-8-25(3)4)22-20(27)15-6-5-14-7-9-28-17(14)12-15/h5-7,9,12-13,16H,8,10-11H2,1-4H3,(H,22,27). The summed E-state index contributed by atoms with van der Waals surface area (Å²) in [4.78, 5) is 31.6. The minimum Gasteiger partial charge on any atom is -0.464 e. The number of amides is 1. The number of hydrogen-bond acceptors (Lipinski definition) is 8. The Labute approximate surface area is 174 Å². The van der Waals surface area contributed by atoms with Crippen LogP contribution in [0, 0.1) is 5.92 Å². The van der Waals surface area contributed by atoms with Gasteiger partial charge in [-0.05, 0) is 49.8 Å². The number of fused-ring (bicyclic) bond motifs is 1.